The Balaban J connectivity index is 1.44. The van der Waals surface area contributed by atoms with Gasteiger partial charge in [0.1, 0.15) is 5.75 Å². The lowest BCUT2D eigenvalue weighted by Crippen LogP contribution is -2.12. The second kappa shape index (κ2) is 7.73. The fourth-order valence-corrected chi connectivity index (χ4v) is 4.40. The van der Waals surface area contributed by atoms with Crippen LogP contribution in [-0.4, -0.2) is 23.9 Å². The van der Waals surface area contributed by atoms with Gasteiger partial charge in [0.2, 0.25) is 5.91 Å². The minimum Gasteiger partial charge on any atom is -0.497 e. The van der Waals surface area contributed by atoms with Gasteiger partial charge in [-0.3, -0.25) is 14.9 Å². The highest BCUT2D eigenvalue weighted by atomic mass is 32.1. The molecular formula is C20H19N3O3S2. The molecule has 0 atom stereocenters. The van der Waals surface area contributed by atoms with Crippen LogP contribution in [0.5, 0.6) is 5.75 Å². The third kappa shape index (κ3) is 4.07. The molecule has 28 heavy (non-hydrogen) atoms. The number of carbonyl (C=O) groups is 2. The first-order valence-corrected chi connectivity index (χ1v) is 10.6. The molecule has 0 saturated heterocycles. The zero-order chi connectivity index (χ0) is 19.7. The SMILES string of the molecule is COc1ccc(-c2csc(NC(=O)c3sc(NC(=O)C4CC4)cc3C)n2)cc1. The number of rotatable bonds is 6. The van der Waals surface area contributed by atoms with E-state index in [4.69, 9.17) is 4.74 Å². The van der Waals surface area contributed by atoms with Crippen LogP contribution in [0.15, 0.2) is 35.7 Å². The van der Waals surface area contributed by atoms with Gasteiger partial charge in [-0.2, -0.15) is 0 Å². The Hall–Kier alpha value is -2.71. The van der Waals surface area contributed by atoms with Crippen molar-refractivity contribution in [2.24, 2.45) is 5.92 Å². The van der Waals surface area contributed by atoms with Gasteiger partial charge < -0.3 is 10.1 Å². The van der Waals surface area contributed by atoms with Crippen LogP contribution in [0.25, 0.3) is 11.3 Å². The maximum atomic E-state index is 12.6. The molecule has 2 amide bonds. The summed E-state index contributed by atoms with van der Waals surface area (Å²) in [4.78, 5) is 29.6. The molecule has 1 saturated carbocycles. The first-order chi connectivity index (χ1) is 13.5. The average Bonchev–Trinajstić information content (AvgIpc) is 3.35. The van der Waals surface area contributed by atoms with Crippen molar-refractivity contribution in [3.63, 3.8) is 0 Å². The van der Waals surface area contributed by atoms with E-state index in [0.717, 1.165) is 35.4 Å². The summed E-state index contributed by atoms with van der Waals surface area (Å²) in [5.41, 5.74) is 2.58. The van der Waals surface area contributed by atoms with E-state index in [2.05, 4.69) is 15.6 Å². The third-order valence-corrected chi connectivity index (χ3v) is 6.34. The number of ether oxygens (including phenoxy) is 1. The quantitative estimate of drug-likeness (QED) is 0.609. The molecule has 0 spiro atoms. The second-order valence-electron chi connectivity index (χ2n) is 6.61. The minimum absolute atomic E-state index is 0.0391. The van der Waals surface area contributed by atoms with Crippen LogP contribution in [0.4, 0.5) is 10.1 Å². The third-order valence-electron chi connectivity index (χ3n) is 4.43. The molecule has 0 aliphatic heterocycles. The zero-order valence-corrected chi connectivity index (χ0v) is 17.1. The summed E-state index contributed by atoms with van der Waals surface area (Å²) in [6.45, 7) is 1.86. The molecule has 3 aromatic rings. The van der Waals surface area contributed by atoms with Crippen LogP contribution in [-0.2, 0) is 4.79 Å². The summed E-state index contributed by atoms with van der Waals surface area (Å²) in [6.07, 6.45) is 1.90. The van der Waals surface area contributed by atoms with Crippen LogP contribution in [0.1, 0.15) is 28.1 Å². The van der Waals surface area contributed by atoms with E-state index in [1.807, 2.05) is 42.6 Å². The standard InChI is InChI=1S/C20H19N3O3S2/c1-11-9-16(22-18(24)13-3-4-13)28-17(11)19(25)23-20-21-15(10-27-20)12-5-7-14(26-2)8-6-12/h5-10,13H,3-4H2,1-2H3,(H,22,24)(H,21,23,25). The molecule has 8 heteroatoms. The van der Waals surface area contributed by atoms with Crippen LogP contribution < -0.4 is 15.4 Å². The van der Waals surface area contributed by atoms with Gasteiger partial charge in [-0.15, -0.1) is 22.7 Å². The van der Waals surface area contributed by atoms with Crippen molar-refractivity contribution in [2.75, 3.05) is 17.7 Å². The fraction of sp³-hybridized carbons (Fsp3) is 0.250. The monoisotopic (exact) mass is 413 g/mol. The maximum absolute atomic E-state index is 12.6. The molecule has 4 rings (SSSR count). The lowest BCUT2D eigenvalue weighted by Gasteiger charge is -2.01. The zero-order valence-electron chi connectivity index (χ0n) is 15.4. The number of methoxy groups -OCH3 is 1. The first kappa shape index (κ1) is 18.6. The number of nitrogens with zero attached hydrogens (tertiary/aromatic N) is 1. The predicted octanol–water partition coefficient (Wildman–Crippen LogP) is 4.79. The Kier molecular flexibility index (Phi) is 5.15. The Morgan fingerprint density at radius 3 is 2.61 bits per heavy atom. The molecule has 2 heterocycles. The summed E-state index contributed by atoms with van der Waals surface area (Å²) in [5, 5.41) is 8.89. The number of aromatic nitrogens is 1. The molecule has 6 nitrogen and oxygen atoms in total. The van der Waals surface area contributed by atoms with Crippen LogP contribution in [0.2, 0.25) is 0 Å². The molecule has 0 radical (unpaired) electrons. The largest absolute Gasteiger partial charge is 0.497 e. The summed E-state index contributed by atoms with van der Waals surface area (Å²) >= 11 is 2.66. The van der Waals surface area contributed by atoms with Gasteiger partial charge >= 0.3 is 0 Å². The number of hydrogen-bond acceptors (Lipinski definition) is 6. The van der Waals surface area contributed by atoms with Gasteiger partial charge in [0, 0.05) is 16.9 Å². The Bertz CT molecular complexity index is 1020. The number of carbonyl (C=O) groups excluding carboxylic acids is 2. The number of thiazole rings is 1. The molecule has 0 unspecified atom stereocenters. The van der Waals surface area contributed by atoms with Crippen molar-refractivity contribution in [1.29, 1.82) is 0 Å². The van der Waals surface area contributed by atoms with Gasteiger partial charge in [-0.1, -0.05) is 0 Å². The first-order valence-electron chi connectivity index (χ1n) is 8.86. The highest BCUT2D eigenvalue weighted by Crippen LogP contribution is 2.33. The molecule has 2 N–H and O–H groups in total. The number of thiophene rings is 1. The predicted molar refractivity (Wildman–Crippen MR) is 112 cm³/mol. The minimum atomic E-state index is -0.218. The second-order valence-corrected chi connectivity index (χ2v) is 8.52. The molecule has 2 aromatic heterocycles. The molecule has 1 aliphatic rings. The number of benzene rings is 1. The van der Waals surface area contributed by atoms with Gasteiger partial charge in [-0.05, 0) is 55.7 Å². The van der Waals surface area contributed by atoms with Crippen molar-refractivity contribution in [3.8, 4) is 17.0 Å². The molecule has 1 fully saturated rings. The maximum Gasteiger partial charge on any atom is 0.267 e. The summed E-state index contributed by atoms with van der Waals surface area (Å²) < 4.78 is 5.17. The topological polar surface area (TPSA) is 80.3 Å². The van der Waals surface area contributed by atoms with Crippen molar-refractivity contribution in [1.82, 2.24) is 4.98 Å². The van der Waals surface area contributed by atoms with E-state index in [-0.39, 0.29) is 17.7 Å². The number of anilines is 2. The van der Waals surface area contributed by atoms with E-state index in [1.165, 1.54) is 22.7 Å². The van der Waals surface area contributed by atoms with E-state index < -0.39 is 0 Å². The Labute approximate surface area is 170 Å². The fourth-order valence-electron chi connectivity index (χ4n) is 2.72. The number of aryl methyl sites for hydroxylation is 1. The van der Waals surface area contributed by atoms with Crippen LogP contribution in [0, 0.1) is 12.8 Å². The van der Waals surface area contributed by atoms with Crippen molar-refractivity contribution in [3.05, 3.63) is 46.2 Å². The average molecular weight is 414 g/mol. The van der Waals surface area contributed by atoms with Gasteiger partial charge in [0.15, 0.2) is 5.13 Å². The lowest BCUT2D eigenvalue weighted by atomic mass is 10.2. The highest BCUT2D eigenvalue weighted by molar-refractivity contribution is 7.18. The summed E-state index contributed by atoms with van der Waals surface area (Å²) in [6, 6.07) is 9.44. The van der Waals surface area contributed by atoms with Crippen molar-refractivity contribution in [2.45, 2.75) is 19.8 Å². The van der Waals surface area contributed by atoms with E-state index in [9.17, 15) is 9.59 Å². The number of amides is 2. The van der Waals surface area contributed by atoms with Gasteiger partial charge in [0.25, 0.3) is 5.91 Å². The lowest BCUT2D eigenvalue weighted by molar-refractivity contribution is -0.117. The molecule has 1 aromatic carbocycles. The molecular weight excluding hydrogens is 394 g/mol. The van der Waals surface area contributed by atoms with Gasteiger partial charge in [0.05, 0.1) is 22.7 Å². The highest BCUT2D eigenvalue weighted by Gasteiger charge is 2.30. The van der Waals surface area contributed by atoms with Crippen LogP contribution >= 0.6 is 22.7 Å². The normalized spacial score (nSPS) is 13.2. The van der Waals surface area contributed by atoms with Crippen molar-refractivity contribution < 1.29 is 14.3 Å². The summed E-state index contributed by atoms with van der Waals surface area (Å²) in [5.74, 6) is 0.735. The van der Waals surface area contributed by atoms with E-state index >= 15 is 0 Å². The van der Waals surface area contributed by atoms with Gasteiger partial charge in [-0.25, -0.2) is 4.98 Å². The summed E-state index contributed by atoms with van der Waals surface area (Å²) in [7, 11) is 1.63. The smallest absolute Gasteiger partial charge is 0.267 e. The van der Waals surface area contributed by atoms with Crippen molar-refractivity contribution >= 4 is 44.6 Å². The molecule has 144 valence electrons. The van der Waals surface area contributed by atoms with Crippen LogP contribution in [0.3, 0.4) is 0 Å². The Morgan fingerprint density at radius 2 is 1.93 bits per heavy atom. The van der Waals surface area contributed by atoms with E-state index in [1.54, 1.807) is 7.11 Å². The number of nitrogens with one attached hydrogen (secondary N) is 2. The Morgan fingerprint density at radius 1 is 1.18 bits per heavy atom. The molecule has 0 bridgehead atoms. The number of hydrogen-bond donors (Lipinski definition) is 2. The van der Waals surface area contributed by atoms with E-state index in [0.29, 0.717) is 15.0 Å². The molecule has 1 aliphatic carbocycles.